The van der Waals surface area contributed by atoms with Crippen molar-refractivity contribution in [3.05, 3.63) is 28.0 Å². The van der Waals surface area contributed by atoms with Gasteiger partial charge in [-0.05, 0) is 50.9 Å². The van der Waals surface area contributed by atoms with Gasteiger partial charge in [0.05, 0.1) is 12.7 Å². The van der Waals surface area contributed by atoms with Crippen molar-refractivity contribution in [1.29, 1.82) is 0 Å². The quantitative estimate of drug-likeness (QED) is 0.852. The molecule has 78 valence electrons. The highest BCUT2D eigenvalue weighted by Crippen LogP contribution is 2.30. The molecule has 2 aromatic rings. The Labute approximate surface area is 99.3 Å². The number of rotatable bonds is 2. The van der Waals surface area contributed by atoms with Gasteiger partial charge in [-0.25, -0.2) is 0 Å². The number of benzene rings is 1. The number of hydrogen-bond acceptors (Lipinski definition) is 4. The lowest BCUT2D eigenvalue weighted by atomic mass is 10.2. The smallest absolute Gasteiger partial charge is 0.264 e. The first-order valence-corrected chi connectivity index (χ1v) is 5.21. The topological polar surface area (TPSA) is 48.2 Å². The standard InChI is InChI=1S/C9H6BrClN2O2/c1-14-5-2-3-7(10)6(4-5)8-12-9(11)13-15-8/h2-4H,1H3. The van der Waals surface area contributed by atoms with Gasteiger partial charge in [-0.3, -0.25) is 0 Å². The minimum atomic E-state index is 0.0831. The Balaban J connectivity index is 2.51. The molecule has 6 heteroatoms. The van der Waals surface area contributed by atoms with E-state index in [4.69, 9.17) is 20.9 Å². The molecule has 1 aromatic carbocycles. The van der Waals surface area contributed by atoms with E-state index < -0.39 is 0 Å². The van der Waals surface area contributed by atoms with Gasteiger partial charge >= 0.3 is 0 Å². The van der Waals surface area contributed by atoms with Crippen molar-refractivity contribution in [2.45, 2.75) is 0 Å². The molecule has 4 nitrogen and oxygen atoms in total. The van der Waals surface area contributed by atoms with Crippen LogP contribution in [0.3, 0.4) is 0 Å². The molecular weight excluding hydrogens is 283 g/mol. The molecule has 2 rings (SSSR count). The molecule has 0 radical (unpaired) electrons. The van der Waals surface area contributed by atoms with Gasteiger partial charge in [-0.1, -0.05) is 0 Å². The Morgan fingerprint density at radius 1 is 1.47 bits per heavy atom. The summed E-state index contributed by atoms with van der Waals surface area (Å²) in [5, 5.41) is 3.59. The van der Waals surface area contributed by atoms with Gasteiger partial charge in [0, 0.05) is 4.47 Å². The molecule has 0 saturated carbocycles. The molecule has 1 aromatic heterocycles. The third-order valence-electron chi connectivity index (χ3n) is 1.81. The number of halogens is 2. The van der Waals surface area contributed by atoms with Crippen molar-refractivity contribution >= 4 is 27.5 Å². The van der Waals surface area contributed by atoms with Crippen LogP contribution < -0.4 is 4.74 Å². The second-order valence-corrected chi connectivity index (χ2v) is 3.91. The van der Waals surface area contributed by atoms with Gasteiger partial charge in [0.25, 0.3) is 11.2 Å². The van der Waals surface area contributed by atoms with Crippen LogP contribution in [0.25, 0.3) is 11.5 Å². The van der Waals surface area contributed by atoms with E-state index in [0.717, 1.165) is 10.0 Å². The van der Waals surface area contributed by atoms with Gasteiger partial charge in [-0.2, -0.15) is 4.98 Å². The van der Waals surface area contributed by atoms with Crippen molar-refractivity contribution in [3.8, 4) is 17.2 Å². The van der Waals surface area contributed by atoms with Crippen LogP contribution in [0.15, 0.2) is 27.2 Å². The first-order chi connectivity index (χ1) is 7.20. The number of hydrogen-bond donors (Lipinski definition) is 0. The van der Waals surface area contributed by atoms with Crippen molar-refractivity contribution in [2.24, 2.45) is 0 Å². The fraction of sp³-hybridized carbons (Fsp3) is 0.111. The minimum Gasteiger partial charge on any atom is -0.497 e. The minimum absolute atomic E-state index is 0.0831. The van der Waals surface area contributed by atoms with E-state index >= 15 is 0 Å². The van der Waals surface area contributed by atoms with E-state index in [1.54, 1.807) is 13.2 Å². The second kappa shape index (κ2) is 4.20. The van der Waals surface area contributed by atoms with Gasteiger partial charge in [0.2, 0.25) is 0 Å². The molecule has 15 heavy (non-hydrogen) atoms. The zero-order chi connectivity index (χ0) is 10.8. The molecule has 0 unspecified atom stereocenters. The lowest BCUT2D eigenvalue weighted by Gasteiger charge is -2.02. The molecule has 0 atom stereocenters. The average molecular weight is 290 g/mol. The molecule has 0 aliphatic rings. The third kappa shape index (κ3) is 2.13. The summed E-state index contributed by atoms with van der Waals surface area (Å²) in [6.07, 6.45) is 0. The van der Waals surface area contributed by atoms with Crippen molar-refractivity contribution in [2.75, 3.05) is 7.11 Å². The molecule has 0 N–H and O–H groups in total. The summed E-state index contributed by atoms with van der Waals surface area (Å²) in [5.74, 6) is 1.06. The van der Waals surface area contributed by atoms with Crippen LogP contribution in [0, 0.1) is 0 Å². The summed E-state index contributed by atoms with van der Waals surface area (Å²) < 4.78 is 10.9. The molecule has 1 heterocycles. The Morgan fingerprint density at radius 3 is 2.87 bits per heavy atom. The maximum Gasteiger partial charge on any atom is 0.264 e. The summed E-state index contributed by atoms with van der Waals surface area (Å²) in [5.41, 5.74) is 0.744. The van der Waals surface area contributed by atoms with Crippen LogP contribution in [0.4, 0.5) is 0 Å². The highest BCUT2D eigenvalue weighted by atomic mass is 79.9. The van der Waals surface area contributed by atoms with Crippen molar-refractivity contribution in [3.63, 3.8) is 0 Å². The molecule has 0 amide bonds. The molecule has 0 bridgehead atoms. The summed E-state index contributed by atoms with van der Waals surface area (Å²) >= 11 is 8.95. The Kier molecular flexibility index (Phi) is 2.93. The zero-order valence-corrected chi connectivity index (χ0v) is 10.0. The number of ether oxygens (including phenoxy) is 1. The van der Waals surface area contributed by atoms with Crippen LogP contribution in [0.1, 0.15) is 0 Å². The largest absolute Gasteiger partial charge is 0.497 e. The Hall–Kier alpha value is -1.07. The SMILES string of the molecule is COc1ccc(Br)c(-c2nc(Cl)no2)c1. The third-order valence-corrected chi connectivity index (χ3v) is 2.65. The summed E-state index contributed by atoms with van der Waals surface area (Å²) in [7, 11) is 1.59. The fourth-order valence-corrected chi connectivity index (χ4v) is 1.64. The summed E-state index contributed by atoms with van der Waals surface area (Å²) in [6, 6.07) is 5.45. The van der Waals surface area contributed by atoms with Crippen molar-refractivity contribution < 1.29 is 9.26 Å². The van der Waals surface area contributed by atoms with Crippen LogP contribution in [-0.2, 0) is 0 Å². The maximum atomic E-state index is 5.57. The van der Waals surface area contributed by atoms with E-state index in [2.05, 4.69) is 26.1 Å². The van der Waals surface area contributed by atoms with Gasteiger partial charge in [-0.15, -0.1) is 0 Å². The highest BCUT2D eigenvalue weighted by molar-refractivity contribution is 9.10. The summed E-state index contributed by atoms with van der Waals surface area (Å²) in [6.45, 7) is 0. The normalized spacial score (nSPS) is 10.3. The molecule has 0 saturated heterocycles. The van der Waals surface area contributed by atoms with E-state index in [1.165, 1.54) is 0 Å². The Bertz CT molecular complexity index is 487. The molecule has 0 aliphatic heterocycles. The molecular formula is C9H6BrClN2O2. The van der Waals surface area contributed by atoms with E-state index in [9.17, 15) is 0 Å². The first kappa shape index (κ1) is 10.4. The predicted molar refractivity (Wildman–Crippen MR) is 59.0 cm³/mol. The van der Waals surface area contributed by atoms with Crippen molar-refractivity contribution in [1.82, 2.24) is 10.1 Å². The van der Waals surface area contributed by atoms with E-state index in [0.29, 0.717) is 11.6 Å². The second-order valence-electron chi connectivity index (χ2n) is 2.71. The number of nitrogens with zero attached hydrogens (tertiary/aromatic N) is 2. The molecule has 0 aliphatic carbocycles. The van der Waals surface area contributed by atoms with E-state index in [-0.39, 0.29) is 5.28 Å². The van der Waals surface area contributed by atoms with Crippen LogP contribution >= 0.6 is 27.5 Å². The zero-order valence-electron chi connectivity index (χ0n) is 7.70. The number of aromatic nitrogens is 2. The molecule has 0 fully saturated rings. The summed E-state index contributed by atoms with van der Waals surface area (Å²) in [4.78, 5) is 3.92. The average Bonchev–Trinajstić information content (AvgIpc) is 2.65. The first-order valence-electron chi connectivity index (χ1n) is 4.04. The predicted octanol–water partition coefficient (Wildman–Crippen LogP) is 3.16. The number of methoxy groups -OCH3 is 1. The van der Waals surface area contributed by atoms with Gasteiger partial charge < -0.3 is 9.26 Å². The van der Waals surface area contributed by atoms with Gasteiger partial charge in [0.15, 0.2) is 0 Å². The van der Waals surface area contributed by atoms with E-state index in [1.807, 2.05) is 12.1 Å². The molecule has 0 spiro atoms. The lowest BCUT2D eigenvalue weighted by molar-refractivity contribution is 0.413. The monoisotopic (exact) mass is 288 g/mol. The van der Waals surface area contributed by atoms with Crippen LogP contribution in [-0.4, -0.2) is 17.3 Å². The highest BCUT2D eigenvalue weighted by Gasteiger charge is 2.11. The van der Waals surface area contributed by atoms with Gasteiger partial charge in [0.1, 0.15) is 5.75 Å². The fourth-order valence-electron chi connectivity index (χ4n) is 1.11. The van der Waals surface area contributed by atoms with Crippen LogP contribution in [0.5, 0.6) is 5.75 Å². The van der Waals surface area contributed by atoms with Crippen LogP contribution in [0.2, 0.25) is 5.28 Å². The lowest BCUT2D eigenvalue weighted by Crippen LogP contribution is -1.85. The maximum absolute atomic E-state index is 5.57. The Morgan fingerprint density at radius 2 is 2.27 bits per heavy atom.